The predicted molar refractivity (Wildman–Crippen MR) is 71.2 cm³/mol. The van der Waals surface area contributed by atoms with Gasteiger partial charge in [0.15, 0.2) is 0 Å². The highest BCUT2D eigenvalue weighted by Crippen LogP contribution is 2.04. The van der Waals surface area contributed by atoms with Gasteiger partial charge in [-0.1, -0.05) is 24.6 Å². The molecular formula is C14H22N2O. The lowest BCUT2D eigenvalue weighted by atomic mass is 10.1. The number of carbonyl (C=O) groups is 1. The number of hydrogen-bond donors (Lipinski definition) is 1. The van der Waals surface area contributed by atoms with E-state index in [-0.39, 0.29) is 5.91 Å². The summed E-state index contributed by atoms with van der Waals surface area (Å²) in [6.07, 6.45) is 0. The molecule has 1 aromatic rings. The van der Waals surface area contributed by atoms with E-state index in [9.17, 15) is 4.79 Å². The van der Waals surface area contributed by atoms with Crippen LogP contribution in [0.1, 0.15) is 22.8 Å². The standard InChI is InChI=1S/C14H22N2O/c1-11-6-5-7-13(8-11)14(17)15-9-12(2)10-16(3)4/h5-8,12H,9-10H2,1-4H3,(H,15,17)/t12-/m1/s1. The molecule has 0 aliphatic rings. The lowest BCUT2D eigenvalue weighted by Gasteiger charge is -2.17. The fraction of sp³-hybridized carbons (Fsp3) is 0.500. The second-order valence-electron chi connectivity index (χ2n) is 4.95. The first-order chi connectivity index (χ1) is 7.99. The highest BCUT2D eigenvalue weighted by atomic mass is 16.1. The Morgan fingerprint density at radius 3 is 2.71 bits per heavy atom. The molecule has 0 radical (unpaired) electrons. The number of amides is 1. The molecule has 0 saturated carbocycles. The van der Waals surface area contributed by atoms with E-state index >= 15 is 0 Å². The monoisotopic (exact) mass is 234 g/mol. The number of benzene rings is 1. The average Bonchev–Trinajstić information content (AvgIpc) is 2.25. The molecule has 0 heterocycles. The number of aryl methyl sites for hydroxylation is 1. The van der Waals surface area contributed by atoms with Gasteiger partial charge in [0.1, 0.15) is 0 Å². The Morgan fingerprint density at radius 1 is 1.41 bits per heavy atom. The lowest BCUT2D eigenvalue weighted by Crippen LogP contribution is -2.32. The van der Waals surface area contributed by atoms with Gasteiger partial charge in [-0.15, -0.1) is 0 Å². The maximum atomic E-state index is 11.9. The van der Waals surface area contributed by atoms with Gasteiger partial charge in [0.2, 0.25) is 0 Å². The summed E-state index contributed by atoms with van der Waals surface area (Å²) >= 11 is 0. The van der Waals surface area contributed by atoms with Gasteiger partial charge in [0.05, 0.1) is 0 Å². The highest BCUT2D eigenvalue weighted by Gasteiger charge is 2.08. The summed E-state index contributed by atoms with van der Waals surface area (Å²) in [6, 6.07) is 7.66. The topological polar surface area (TPSA) is 32.3 Å². The molecule has 0 unspecified atom stereocenters. The molecule has 94 valence electrons. The Hall–Kier alpha value is -1.35. The molecule has 0 bridgehead atoms. The Bertz CT molecular complexity index is 374. The Morgan fingerprint density at radius 2 is 2.12 bits per heavy atom. The van der Waals surface area contributed by atoms with Crippen LogP contribution in [0.5, 0.6) is 0 Å². The maximum absolute atomic E-state index is 11.9. The van der Waals surface area contributed by atoms with Gasteiger partial charge in [-0.2, -0.15) is 0 Å². The van der Waals surface area contributed by atoms with Crippen molar-refractivity contribution in [1.82, 2.24) is 10.2 Å². The first-order valence-electron chi connectivity index (χ1n) is 5.98. The molecule has 17 heavy (non-hydrogen) atoms. The van der Waals surface area contributed by atoms with E-state index in [1.807, 2.05) is 45.3 Å². The molecule has 0 spiro atoms. The summed E-state index contributed by atoms with van der Waals surface area (Å²) in [5.74, 6) is 0.470. The summed E-state index contributed by atoms with van der Waals surface area (Å²) in [5, 5.41) is 2.97. The molecule has 0 fully saturated rings. The second kappa shape index (κ2) is 6.40. The summed E-state index contributed by atoms with van der Waals surface area (Å²) in [7, 11) is 4.08. The Kier molecular flexibility index (Phi) is 5.16. The quantitative estimate of drug-likeness (QED) is 0.844. The summed E-state index contributed by atoms with van der Waals surface area (Å²) in [5.41, 5.74) is 1.85. The zero-order chi connectivity index (χ0) is 12.8. The van der Waals surface area contributed by atoms with Crippen LogP contribution in [0.2, 0.25) is 0 Å². The van der Waals surface area contributed by atoms with Crippen LogP contribution in [0, 0.1) is 12.8 Å². The minimum Gasteiger partial charge on any atom is -0.352 e. The van der Waals surface area contributed by atoms with Crippen LogP contribution in [0.3, 0.4) is 0 Å². The average molecular weight is 234 g/mol. The molecule has 1 N–H and O–H groups in total. The first kappa shape index (κ1) is 13.7. The molecule has 1 amide bonds. The molecule has 3 nitrogen and oxygen atoms in total. The van der Waals surface area contributed by atoms with Crippen molar-refractivity contribution < 1.29 is 4.79 Å². The summed E-state index contributed by atoms with van der Waals surface area (Å²) in [4.78, 5) is 14.0. The first-order valence-corrected chi connectivity index (χ1v) is 5.98. The van der Waals surface area contributed by atoms with E-state index in [1.165, 1.54) is 0 Å². The Balaban J connectivity index is 2.45. The van der Waals surface area contributed by atoms with Crippen LogP contribution < -0.4 is 5.32 Å². The normalized spacial score (nSPS) is 12.5. The highest BCUT2D eigenvalue weighted by molar-refractivity contribution is 5.94. The van der Waals surface area contributed by atoms with Crippen molar-refractivity contribution in [3.63, 3.8) is 0 Å². The zero-order valence-corrected chi connectivity index (χ0v) is 11.2. The SMILES string of the molecule is Cc1cccc(C(=O)NC[C@@H](C)CN(C)C)c1. The predicted octanol–water partition coefficient (Wildman–Crippen LogP) is 1.92. The van der Waals surface area contributed by atoms with E-state index in [1.54, 1.807) is 0 Å². The van der Waals surface area contributed by atoms with Gasteiger partial charge in [0.25, 0.3) is 5.91 Å². The third kappa shape index (κ3) is 5.00. The smallest absolute Gasteiger partial charge is 0.251 e. The van der Waals surface area contributed by atoms with E-state index < -0.39 is 0 Å². The molecule has 1 atom stereocenters. The van der Waals surface area contributed by atoms with Gasteiger partial charge in [0, 0.05) is 18.7 Å². The van der Waals surface area contributed by atoms with Crippen LogP contribution in [0.25, 0.3) is 0 Å². The number of rotatable bonds is 5. The number of hydrogen-bond acceptors (Lipinski definition) is 2. The van der Waals surface area contributed by atoms with Crippen molar-refractivity contribution in [1.29, 1.82) is 0 Å². The number of nitrogens with zero attached hydrogens (tertiary/aromatic N) is 1. The minimum absolute atomic E-state index is 0.0132. The number of nitrogens with one attached hydrogen (secondary N) is 1. The van der Waals surface area contributed by atoms with Gasteiger partial charge in [-0.05, 0) is 39.1 Å². The van der Waals surface area contributed by atoms with Crippen molar-refractivity contribution in [3.8, 4) is 0 Å². The fourth-order valence-corrected chi connectivity index (χ4v) is 1.84. The minimum atomic E-state index is 0.0132. The van der Waals surface area contributed by atoms with E-state index in [4.69, 9.17) is 0 Å². The molecule has 0 aliphatic carbocycles. The van der Waals surface area contributed by atoms with Gasteiger partial charge in [-0.3, -0.25) is 4.79 Å². The zero-order valence-electron chi connectivity index (χ0n) is 11.2. The largest absolute Gasteiger partial charge is 0.352 e. The fourth-order valence-electron chi connectivity index (χ4n) is 1.84. The molecular weight excluding hydrogens is 212 g/mol. The van der Waals surface area contributed by atoms with Gasteiger partial charge in [-0.25, -0.2) is 0 Å². The molecule has 0 aromatic heterocycles. The third-order valence-corrected chi connectivity index (χ3v) is 2.57. The summed E-state index contributed by atoms with van der Waals surface area (Å²) in [6.45, 7) is 5.82. The molecule has 1 rings (SSSR count). The van der Waals surface area contributed by atoms with E-state index in [0.29, 0.717) is 12.5 Å². The van der Waals surface area contributed by atoms with Crippen molar-refractivity contribution in [2.45, 2.75) is 13.8 Å². The van der Waals surface area contributed by atoms with Crippen LogP contribution in [0.4, 0.5) is 0 Å². The molecule has 0 aliphatic heterocycles. The maximum Gasteiger partial charge on any atom is 0.251 e. The van der Waals surface area contributed by atoms with Crippen molar-refractivity contribution >= 4 is 5.91 Å². The second-order valence-corrected chi connectivity index (χ2v) is 4.95. The van der Waals surface area contributed by atoms with Crippen molar-refractivity contribution in [3.05, 3.63) is 35.4 Å². The van der Waals surface area contributed by atoms with Gasteiger partial charge < -0.3 is 10.2 Å². The van der Waals surface area contributed by atoms with Crippen LogP contribution >= 0.6 is 0 Å². The van der Waals surface area contributed by atoms with Crippen LogP contribution in [-0.2, 0) is 0 Å². The summed E-state index contributed by atoms with van der Waals surface area (Å²) < 4.78 is 0. The van der Waals surface area contributed by atoms with Gasteiger partial charge >= 0.3 is 0 Å². The van der Waals surface area contributed by atoms with Crippen molar-refractivity contribution in [2.75, 3.05) is 27.2 Å². The van der Waals surface area contributed by atoms with Crippen molar-refractivity contribution in [2.24, 2.45) is 5.92 Å². The Labute approximate surface area is 104 Å². The van der Waals surface area contributed by atoms with Crippen LogP contribution in [0.15, 0.2) is 24.3 Å². The lowest BCUT2D eigenvalue weighted by molar-refractivity contribution is 0.0946. The molecule has 1 aromatic carbocycles. The molecule has 3 heteroatoms. The van der Waals surface area contributed by atoms with E-state index in [2.05, 4.69) is 17.1 Å². The van der Waals surface area contributed by atoms with E-state index in [0.717, 1.165) is 17.7 Å². The van der Waals surface area contributed by atoms with Crippen LogP contribution in [-0.4, -0.2) is 38.0 Å². The molecule has 0 saturated heterocycles. The number of carbonyl (C=O) groups excluding carboxylic acids is 1. The third-order valence-electron chi connectivity index (χ3n) is 2.57.